The lowest BCUT2D eigenvalue weighted by atomic mass is 9.85. The molecule has 31 heavy (non-hydrogen) atoms. The van der Waals surface area contributed by atoms with Gasteiger partial charge in [-0.25, -0.2) is 12.7 Å². The predicted octanol–water partition coefficient (Wildman–Crippen LogP) is 2.67. The van der Waals surface area contributed by atoms with E-state index in [0.29, 0.717) is 54.9 Å². The fraction of sp³-hybridized carbons (Fsp3) is 0.667. The normalized spacial score (nSPS) is 20.6. The molecule has 3 rings (SSSR count). The molecule has 0 aliphatic carbocycles. The van der Waals surface area contributed by atoms with E-state index >= 15 is 0 Å². The third kappa shape index (κ3) is 6.19. The summed E-state index contributed by atoms with van der Waals surface area (Å²) in [7, 11) is -3.20. The van der Waals surface area contributed by atoms with Crippen molar-refractivity contribution in [2.75, 3.05) is 58.2 Å². The molecule has 0 aromatic heterocycles. The van der Waals surface area contributed by atoms with Crippen LogP contribution in [0.25, 0.3) is 0 Å². The number of nitrogens with zero attached hydrogens (tertiary/aromatic N) is 2. The van der Waals surface area contributed by atoms with Crippen LogP contribution in [0.5, 0.6) is 0 Å². The molecule has 1 aromatic carbocycles. The molecule has 0 amide bonds. The van der Waals surface area contributed by atoms with Crippen molar-refractivity contribution in [2.45, 2.75) is 31.7 Å². The van der Waals surface area contributed by atoms with E-state index in [9.17, 15) is 13.2 Å². The van der Waals surface area contributed by atoms with Crippen LogP contribution in [-0.4, -0.2) is 87.2 Å². The molecule has 0 spiro atoms. The summed E-state index contributed by atoms with van der Waals surface area (Å²) in [6, 6.07) is 4.86. The number of sulfonamides is 1. The van der Waals surface area contributed by atoms with E-state index in [2.05, 4.69) is 10.2 Å². The van der Waals surface area contributed by atoms with Gasteiger partial charge in [0.2, 0.25) is 10.0 Å². The second kappa shape index (κ2) is 10.9. The third-order valence-electron chi connectivity index (χ3n) is 6.16. The van der Waals surface area contributed by atoms with Crippen molar-refractivity contribution in [3.8, 4) is 0 Å². The second-order valence-corrected chi connectivity index (χ2v) is 11.1. The summed E-state index contributed by atoms with van der Waals surface area (Å²) in [6.07, 6.45) is 2.06. The maximum Gasteiger partial charge on any atom is 0.214 e. The largest absolute Gasteiger partial charge is 0.379 e. The average molecular weight is 492 g/mol. The molecule has 1 N–H and O–H groups in total. The van der Waals surface area contributed by atoms with Gasteiger partial charge in [-0.3, -0.25) is 9.69 Å². The highest BCUT2D eigenvalue weighted by molar-refractivity contribution is 7.89. The molecule has 0 atom stereocenters. The third-order valence-corrected chi connectivity index (χ3v) is 8.79. The van der Waals surface area contributed by atoms with E-state index < -0.39 is 10.0 Å². The van der Waals surface area contributed by atoms with E-state index in [0.717, 1.165) is 25.9 Å². The van der Waals surface area contributed by atoms with Gasteiger partial charge in [0.1, 0.15) is 0 Å². The zero-order valence-electron chi connectivity index (χ0n) is 17.9. The Labute approximate surface area is 195 Å². The number of rotatable bonds is 9. The van der Waals surface area contributed by atoms with Gasteiger partial charge in [0.25, 0.3) is 0 Å². The number of piperidine rings is 1. The zero-order valence-corrected chi connectivity index (χ0v) is 20.2. The van der Waals surface area contributed by atoms with E-state index in [-0.39, 0.29) is 23.6 Å². The van der Waals surface area contributed by atoms with Crippen LogP contribution in [0.15, 0.2) is 18.2 Å². The first-order chi connectivity index (χ1) is 14.8. The van der Waals surface area contributed by atoms with E-state index in [4.69, 9.17) is 27.9 Å². The number of halogens is 2. The number of carbonyl (C=O) groups excluding carboxylic acids is 1. The van der Waals surface area contributed by atoms with Gasteiger partial charge in [-0.1, -0.05) is 30.1 Å². The molecule has 0 saturated carbocycles. The number of benzene rings is 1. The minimum atomic E-state index is -3.20. The van der Waals surface area contributed by atoms with Gasteiger partial charge in [0.15, 0.2) is 5.78 Å². The standard InChI is InChI=1S/C21H31Cl2N3O4S/c1-2-13-31(28,29)26-7-5-21(6-8-26,25-9-11-30-12-10-25)16-24-15-20(27)18-4-3-17(22)14-19(18)23/h3-4,14,24H,2,5-13,15-16H2,1H3. The molecule has 0 radical (unpaired) electrons. The quantitative estimate of drug-likeness (QED) is 0.534. The summed E-state index contributed by atoms with van der Waals surface area (Å²) < 4.78 is 32.1. The van der Waals surface area contributed by atoms with Crippen LogP contribution in [0.4, 0.5) is 0 Å². The minimum Gasteiger partial charge on any atom is -0.379 e. The maximum absolute atomic E-state index is 12.6. The Balaban J connectivity index is 1.65. The monoisotopic (exact) mass is 491 g/mol. The molecule has 2 aliphatic rings. The Morgan fingerprint density at radius 2 is 1.84 bits per heavy atom. The highest BCUT2D eigenvalue weighted by atomic mass is 35.5. The minimum absolute atomic E-state index is 0.0956. The summed E-state index contributed by atoms with van der Waals surface area (Å²) in [5.74, 6) is 0.0911. The summed E-state index contributed by atoms with van der Waals surface area (Å²) in [5.41, 5.74) is 0.242. The van der Waals surface area contributed by atoms with Crippen LogP contribution in [-0.2, 0) is 14.8 Å². The number of ether oxygens (including phenoxy) is 1. The van der Waals surface area contributed by atoms with Crippen LogP contribution < -0.4 is 5.32 Å². The van der Waals surface area contributed by atoms with Crippen LogP contribution in [0.2, 0.25) is 10.0 Å². The summed E-state index contributed by atoms with van der Waals surface area (Å²) in [6.45, 7) is 6.58. The summed E-state index contributed by atoms with van der Waals surface area (Å²) in [5, 5.41) is 4.16. The van der Waals surface area contributed by atoms with Crippen LogP contribution in [0.3, 0.4) is 0 Å². The molecule has 1 aromatic rings. The Bertz CT molecular complexity index is 867. The van der Waals surface area contributed by atoms with Gasteiger partial charge in [-0.15, -0.1) is 0 Å². The number of carbonyl (C=O) groups is 1. The van der Waals surface area contributed by atoms with E-state index in [1.807, 2.05) is 6.92 Å². The van der Waals surface area contributed by atoms with Gasteiger partial charge in [-0.2, -0.15) is 0 Å². The van der Waals surface area contributed by atoms with Gasteiger partial charge < -0.3 is 10.1 Å². The first-order valence-corrected chi connectivity index (χ1v) is 13.1. The molecule has 7 nitrogen and oxygen atoms in total. The van der Waals surface area contributed by atoms with Crippen molar-refractivity contribution in [3.05, 3.63) is 33.8 Å². The first kappa shape index (κ1) is 24.9. The molecule has 0 bridgehead atoms. The lowest BCUT2D eigenvalue weighted by molar-refractivity contribution is -0.0399. The van der Waals surface area contributed by atoms with Gasteiger partial charge in [0.05, 0.1) is 30.5 Å². The fourth-order valence-electron chi connectivity index (χ4n) is 4.43. The van der Waals surface area contributed by atoms with Crippen molar-refractivity contribution in [1.82, 2.24) is 14.5 Å². The summed E-state index contributed by atoms with van der Waals surface area (Å²) >= 11 is 12.1. The number of Topliss-reactive ketones (excluding diaryl/α,β-unsaturated/α-hetero) is 1. The van der Waals surface area contributed by atoms with Gasteiger partial charge in [0, 0.05) is 48.8 Å². The highest BCUT2D eigenvalue weighted by Crippen LogP contribution is 2.31. The maximum atomic E-state index is 12.6. The molecular formula is C21H31Cl2N3O4S. The average Bonchev–Trinajstić information content (AvgIpc) is 2.74. The van der Waals surface area contributed by atoms with Crippen molar-refractivity contribution < 1.29 is 17.9 Å². The van der Waals surface area contributed by atoms with Gasteiger partial charge >= 0.3 is 0 Å². The molecule has 0 unspecified atom stereocenters. The lowest BCUT2D eigenvalue weighted by Crippen LogP contribution is -2.63. The van der Waals surface area contributed by atoms with Crippen LogP contribution in [0, 0.1) is 0 Å². The topological polar surface area (TPSA) is 79.0 Å². The van der Waals surface area contributed by atoms with E-state index in [1.54, 1.807) is 22.5 Å². The number of nitrogens with one attached hydrogen (secondary N) is 1. The van der Waals surface area contributed by atoms with Crippen molar-refractivity contribution in [1.29, 1.82) is 0 Å². The van der Waals surface area contributed by atoms with Crippen molar-refractivity contribution in [3.63, 3.8) is 0 Å². The second-order valence-electron chi connectivity index (χ2n) is 8.19. The molecule has 2 fully saturated rings. The Hall–Kier alpha value is -0.740. The Kier molecular flexibility index (Phi) is 8.77. The predicted molar refractivity (Wildman–Crippen MR) is 124 cm³/mol. The molecule has 2 saturated heterocycles. The Morgan fingerprint density at radius 3 is 2.45 bits per heavy atom. The summed E-state index contributed by atoms with van der Waals surface area (Å²) in [4.78, 5) is 15.0. The molecule has 2 heterocycles. The van der Waals surface area contributed by atoms with Crippen molar-refractivity contribution in [2.24, 2.45) is 0 Å². The molecule has 174 valence electrons. The van der Waals surface area contributed by atoms with Crippen LogP contribution in [0.1, 0.15) is 36.5 Å². The van der Waals surface area contributed by atoms with Crippen LogP contribution >= 0.6 is 23.2 Å². The van der Waals surface area contributed by atoms with E-state index in [1.165, 1.54) is 0 Å². The lowest BCUT2D eigenvalue weighted by Gasteiger charge is -2.50. The number of hydrogen-bond donors (Lipinski definition) is 1. The zero-order chi connectivity index (χ0) is 22.5. The molecular weight excluding hydrogens is 461 g/mol. The molecule has 10 heteroatoms. The van der Waals surface area contributed by atoms with Gasteiger partial charge in [-0.05, 0) is 37.5 Å². The molecule has 2 aliphatic heterocycles. The SMILES string of the molecule is CCCS(=O)(=O)N1CCC(CNCC(=O)c2ccc(Cl)cc2Cl)(N2CCOCC2)CC1. The number of morpholine rings is 1. The fourth-order valence-corrected chi connectivity index (χ4v) is 6.46. The smallest absolute Gasteiger partial charge is 0.214 e. The number of ketones is 1. The van der Waals surface area contributed by atoms with Crippen molar-refractivity contribution >= 4 is 39.0 Å². The number of hydrogen-bond acceptors (Lipinski definition) is 6. The first-order valence-electron chi connectivity index (χ1n) is 10.8. The highest BCUT2D eigenvalue weighted by Gasteiger charge is 2.42. The Morgan fingerprint density at radius 1 is 1.16 bits per heavy atom.